The second kappa shape index (κ2) is 8.38. The molecule has 1 aromatic heterocycles. The Hall–Kier alpha value is -3.03. The van der Waals surface area contributed by atoms with Crippen molar-refractivity contribution in [3.63, 3.8) is 0 Å². The Balaban J connectivity index is 1.94. The van der Waals surface area contributed by atoms with Gasteiger partial charge in [-0.1, -0.05) is 39.0 Å². The lowest BCUT2D eigenvalue weighted by Gasteiger charge is -2.30. The minimum atomic E-state index is -0.600. The van der Waals surface area contributed by atoms with Gasteiger partial charge in [0.25, 0.3) is 5.56 Å². The van der Waals surface area contributed by atoms with Gasteiger partial charge in [0.05, 0.1) is 0 Å². The smallest absolute Gasteiger partial charge is 0.332 e. The Kier molecular flexibility index (Phi) is 6.05. The third-order valence-electron chi connectivity index (χ3n) is 5.55. The van der Waals surface area contributed by atoms with Gasteiger partial charge >= 0.3 is 5.69 Å². The van der Waals surface area contributed by atoms with Crippen LogP contribution in [0, 0.1) is 0 Å². The van der Waals surface area contributed by atoms with E-state index in [1.54, 1.807) is 0 Å². The maximum Gasteiger partial charge on any atom is 0.332 e. The molecule has 0 spiro atoms. The Morgan fingerprint density at radius 2 is 1.73 bits per heavy atom. The van der Waals surface area contributed by atoms with E-state index in [-0.39, 0.29) is 17.8 Å². The highest BCUT2D eigenvalue weighted by molar-refractivity contribution is 5.91. The molecule has 1 aliphatic heterocycles. The zero-order valence-electron chi connectivity index (χ0n) is 18.2. The van der Waals surface area contributed by atoms with Gasteiger partial charge in [0.1, 0.15) is 18.1 Å². The molecule has 3 N–H and O–H groups in total. The molecule has 0 radical (unpaired) electrons. The number of rotatable bonds is 4. The van der Waals surface area contributed by atoms with Crippen molar-refractivity contribution in [1.82, 2.24) is 9.13 Å². The number of piperidine rings is 1. The normalized spacial score (nSPS) is 14.6. The summed E-state index contributed by atoms with van der Waals surface area (Å²) in [6, 6.07) is 7.54. The number of amides is 1. The fourth-order valence-electron chi connectivity index (χ4n) is 3.90. The topological polar surface area (TPSA) is 102 Å². The molecular formula is C22H31N5O3. The van der Waals surface area contributed by atoms with Crippen molar-refractivity contribution in [2.75, 3.05) is 29.0 Å². The second-order valence-corrected chi connectivity index (χ2v) is 8.86. The van der Waals surface area contributed by atoms with E-state index in [1.807, 2.05) is 29.2 Å². The van der Waals surface area contributed by atoms with Gasteiger partial charge in [-0.3, -0.25) is 14.2 Å². The van der Waals surface area contributed by atoms with Crippen molar-refractivity contribution in [3.8, 4) is 0 Å². The number of nitrogens with two attached hydrogens (primary N) is 1. The Bertz CT molecular complexity index is 1060. The Labute approximate surface area is 176 Å². The van der Waals surface area contributed by atoms with E-state index >= 15 is 0 Å². The highest BCUT2D eigenvalue weighted by Crippen LogP contribution is 2.29. The molecule has 30 heavy (non-hydrogen) atoms. The summed E-state index contributed by atoms with van der Waals surface area (Å²) in [5.74, 6) is -0.290. The van der Waals surface area contributed by atoms with Crippen LogP contribution in [0.15, 0.2) is 33.9 Å². The summed E-state index contributed by atoms with van der Waals surface area (Å²) in [6.45, 7) is 7.23. The number of aromatic nitrogens is 2. The summed E-state index contributed by atoms with van der Waals surface area (Å²) >= 11 is 0. The molecule has 8 heteroatoms. The first kappa shape index (κ1) is 21.7. The molecule has 1 aromatic carbocycles. The number of carbonyl (C=O) groups excluding carboxylic acids is 1. The van der Waals surface area contributed by atoms with E-state index in [4.69, 9.17) is 5.73 Å². The van der Waals surface area contributed by atoms with Gasteiger partial charge in [0.2, 0.25) is 5.91 Å². The van der Waals surface area contributed by atoms with Crippen LogP contribution >= 0.6 is 0 Å². The van der Waals surface area contributed by atoms with E-state index < -0.39 is 17.2 Å². The van der Waals surface area contributed by atoms with Crippen molar-refractivity contribution >= 4 is 23.1 Å². The van der Waals surface area contributed by atoms with Gasteiger partial charge in [-0.2, -0.15) is 0 Å². The average Bonchev–Trinajstić information content (AvgIpc) is 2.70. The zero-order valence-corrected chi connectivity index (χ0v) is 18.2. The number of benzene rings is 1. The summed E-state index contributed by atoms with van der Waals surface area (Å²) in [5.41, 5.74) is 6.78. The second-order valence-electron chi connectivity index (χ2n) is 8.86. The predicted octanol–water partition coefficient (Wildman–Crippen LogP) is 2.06. The lowest BCUT2D eigenvalue weighted by molar-refractivity contribution is -0.116. The van der Waals surface area contributed by atoms with Crippen molar-refractivity contribution < 1.29 is 4.79 Å². The quantitative estimate of drug-likeness (QED) is 0.799. The molecular weight excluding hydrogens is 382 g/mol. The fourth-order valence-corrected chi connectivity index (χ4v) is 3.90. The van der Waals surface area contributed by atoms with Crippen LogP contribution in [0.5, 0.6) is 0 Å². The summed E-state index contributed by atoms with van der Waals surface area (Å²) < 4.78 is 2.21. The van der Waals surface area contributed by atoms with Crippen LogP contribution in [0.1, 0.15) is 45.6 Å². The molecule has 162 valence electrons. The standard InChI is InChI=1S/C22H31N5O3/c1-22(2,3)15-10-6-7-11-16(15)24-17(28)14-27-20(29)18(19(23)25(4)21(27)30)26-12-8-5-9-13-26/h6-7,10-11H,5,8-9,12-14,23H2,1-4H3,(H,24,28). The monoisotopic (exact) mass is 413 g/mol. The zero-order chi connectivity index (χ0) is 22.1. The molecule has 0 atom stereocenters. The minimum absolute atomic E-state index is 0.140. The van der Waals surface area contributed by atoms with Crippen LogP contribution in [-0.4, -0.2) is 28.1 Å². The first-order chi connectivity index (χ1) is 14.1. The molecule has 1 fully saturated rings. The summed E-state index contributed by atoms with van der Waals surface area (Å²) in [4.78, 5) is 40.5. The Morgan fingerprint density at radius 1 is 1.10 bits per heavy atom. The number of para-hydroxylation sites is 1. The Morgan fingerprint density at radius 3 is 2.37 bits per heavy atom. The lowest BCUT2D eigenvalue weighted by Crippen LogP contribution is -2.46. The number of nitrogens with zero attached hydrogens (tertiary/aromatic N) is 3. The molecule has 0 bridgehead atoms. The van der Waals surface area contributed by atoms with Crippen LogP contribution < -0.4 is 27.2 Å². The minimum Gasteiger partial charge on any atom is -0.383 e. The summed E-state index contributed by atoms with van der Waals surface area (Å²) in [6.07, 6.45) is 3.03. The molecule has 8 nitrogen and oxygen atoms in total. The van der Waals surface area contributed by atoms with E-state index in [2.05, 4.69) is 26.1 Å². The number of nitrogens with one attached hydrogen (secondary N) is 1. The van der Waals surface area contributed by atoms with Crippen LogP contribution in [0.3, 0.4) is 0 Å². The number of hydrogen-bond donors (Lipinski definition) is 2. The molecule has 2 aromatic rings. The predicted molar refractivity (Wildman–Crippen MR) is 120 cm³/mol. The van der Waals surface area contributed by atoms with Crippen molar-refractivity contribution in [2.45, 2.75) is 52.0 Å². The first-order valence-electron chi connectivity index (χ1n) is 10.3. The van der Waals surface area contributed by atoms with E-state index in [1.165, 1.54) is 11.6 Å². The lowest BCUT2D eigenvalue weighted by atomic mass is 9.86. The third-order valence-corrected chi connectivity index (χ3v) is 5.55. The molecule has 1 saturated heterocycles. The average molecular weight is 414 g/mol. The molecule has 2 heterocycles. The fraction of sp³-hybridized carbons (Fsp3) is 0.500. The summed E-state index contributed by atoms with van der Waals surface area (Å²) in [5, 5.41) is 2.86. The molecule has 0 saturated carbocycles. The number of nitrogen functional groups attached to an aromatic ring is 1. The van der Waals surface area contributed by atoms with Gasteiger partial charge in [0, 0.05) is 25.8 Å². The molecule has 1 aliphatic rings. The van der Waals surface area contributed by atoms with Crippen molar-refractivity contribution in [3.05, 3.63) is 50.7 Å². The van der Waals surface area contributed by atoms with E-state index in [9.17, 15) is 14.4 Å². The van der Waals surface area contributed by atoms with Crippen LogP contribution in [0.2, 0.25) is 0 Å². The van der Waals surface area contributed by atoms with Crippen LogP contribution in [0.4, 0.5) is 17.2 Å². The van der Waals surface area contributed by atoms with Crippen molar-refractivity contribution in [2.24, 2.45) is 7.05 Å². The van der Waals surface area contributed by atoms with E-state index in [0.717, 1.165) is 29.4 Å². The van der Waals surface area contributed by atoms with Crippen molar-refractivity contribution in [1.29, 1.82) is 0 Å². The first-order valence-corrected chi connectivity index (χ1v) is 10.3. The molecule has 3 rings (SSSR count). The van der Waals surface area contributed by atoms with E-state index in [0.29, 0.717) is 24.5 Å². The van der Waals surface area contributed by atoms with Gasteiger partial charge < -0.3 is 16.0 Å². The highest BCUT2D eigenvalue weighted by Gasteiger charge is 2.24. The molecule has 0 aliphatic carbocycles. The van der Waals surface area contributed by atoms with Crippen LogP contribution in [0.25, 0.3) is 0 Å². The van der Waals surface area contributed by atoms with Gasteiger partial charge in [0.15, 0.2) is 0 Å². The molecule has 0 unspecified atom stereocenters. The maximum atomic E-state index is 13.1. The summed E-state index contributed by atoms with van der Waals surface area (Å²) in [7, 11) is 1.52. The van der Waals surface area contributed by atoms with Gasteiger partial charge in [-0.25, -0.2) is 9.36 Å². The van der Waals surface area contributed by atoms with Gasteiger partial charge in [-0.15, -0.1) is 0 Å². The highest BCUT2D eigenvalue weighted by atomic mass is 16.2. The maximum absolute atomic E-state index is 13.1. The van der Waals surface area contributed by atoms with Crippen LogP contribution in [-0.2, 0) is 23.8 Å². The number of anilines is 3. The SMILES string of the molecule is Cn1c(N)c(N2CCCCC2)c(=O)n(CC(=O)Nc2ccccc2C(C)(C)C)c1=O. The number of carbonyl (C=O) groups is 1. The number of hydrogen-bond acceptors (Lipinski definition) is 5. The third kappa shape index (κ3) is 4.27. The van der Waals surface area contributed by atoms with Gasteiger partial charge in [-0.05, 0) is 36.3 Å². The molecule has 1 amide bonds. The largest absolute Gasteiger partial charge is 0.383 e.